The van der Waals surface area contributed by atoms with E-state index in [-0.39, 0.29) is 23.5 Å². The second-order valence-electron chi connectivity index (χ2n) is 5.65. The lowest BCUT2D eigenvalue weighted by Gasteiger charge is -2.21. The Kier molecular flexibility index (Phi) is 2.97. The van der Waals surface area contributed by atoms with Gasteiger partial charge in [-0.1, -0.05) is 12.1 Å². The van der Waals surface area contributed by atoms with Gasteiger partial charge in [-0.25, -0.2) is 0 Å². The molecule has 1 aliphatic carbocycles. The smallest absolute Gasteiger partial charge is 0.230 e. The molecule has 2 aliphatic rings. The number of nitrogens with two attached hydrogens (primary N) is 1. The van der Waals surface area contributed by atoms with Gasteiger partial charge in [0, 0.05) is 12.3 Å². The monoisotopic (exact) mass is 260 g/mol. The number of hydrogen-bond donors (Lipinski definition) is 2. The van der Waals surface area contributed by atoms with Crippen LogP contribution in [0.15, 0.2) is 24.3 Å². The second kappa shape index (κ2) is 4.53. The first kappa shape index (κ1) is 12.5. The van der Waals surface area contributed by atoms with Crippen molar-refractivity contribution in [3.05, 3.63) is 29.8 Å². The maximum Gasteiger partial charge on any atom is 0.230 e. The highest BCUT2D eigenvalue weighted by Gasteiger charge is 2.51. The number of ether oxygens (including phenoxy) is 1. The number of carbonyl (C=O) groups excluding carboxylic acids is 1. The minimum Gasteiger partial charge on any atom is -0.399 e. The molecule has 19 heavy (non-hydrogen) atoms. The largest absolute Gasteiger partial charge is 0.399 e. The van der Waals surface area contributed by atoms with Gasteiger partial charge in [0.05, 0.1) is 17.6 Å². The van der Waals surface area contributed by atoms with E-state index in [0.29, 0.717) is 0 Å². The summed E-state index contributed by atoms with van der Waals surface area (Å²) in [4.78, 5) is 12.5. The van der Waals surface area contributed by atoms with Gasteiger partial charge < -0.3 is 15.8 Å². The number of hydrogen-bond acceptors (Lipinski definition) is 3. The molecule has 2 unspecified atom stereocenters. The molecular formula is C15H20N2O2. The first-order chi connectivity index (χ1) is 9.12. The van der Waals surface area contributed by atoms with Crippen molar-refractivity contribution >= 4 is 11.6 Å². The molecule has 0 bridgehead atoms. The first-order valence-corrected chi connectivity index (χ1v) is 6.90. The Bertz CT molecular complexity index is 479. The number of amides is 1. The van der Waals surface area contributed by atoms with Gasteiger partial charge in [0.25, 0.3) is 0 Å². The Labute approximate surface area is 113 Å². The van der Waals surface area contributed by atoms with Crippen molar-refractivity contribution in [2.24, 2.45) is 0 Å². The average Bonchev–Trinajstić information content (AvgIpc) is 3.11. The zero-order chi connectivity index (χ0) is 13.5. The maximum absolute atomic E-state index is 12.5. The summed E-state index contributed by atoms with van der Waals surface area (Å²) in [6.07, 6.45) is 2.87. The predicted molar refractivity (Wildman–Crippen MR) is 73.7 cm³/mol. The highest BCUT2D eigenvalue weighted by atomic mass is 16.5. The van der Waals surface area contributed by atoms with E-state index in [0.717, 1.165) is 37.1 Å². The Morgan fingerprint density at radius 3 is 2.58 bits per heavy atom. The molecule has 3 rings (SSSR count). The highest BCUT2D eigenvalue weighted by molar-refractivity contribution is 5.91. The van der Waals surface area contributed by atoms with Crippen LogP contribution >= 0.6 is 0 Å². The van der Waals surface area contributed by atoms with Crippen LogP contribution in [-0.2, 0) is 14.9 Å². The lowest BCUT2D eigenvalue weighted by Crippen LogP contribution is -2.44. The molecule has 0 radical (unpaired) electrons. The van der Waals surface area contributed by atoms with Crippen LogP contribution in [0.5, 0.6) is 0 Å². The van der Waals surface area contributed by atoms with Crippen molar-refractivity contribution in [3.8, 4) is 0 Å². The predicted octanol–water partition coefficient (Wildman–Crippen LogP) is 1.59. The number of carbonyl (C=O) groups is 1. The Morgan fingerprint density at radius 1 is 1.37 bits per heavy atom. The molecular weight excluding hydrogens is 240 g/mol. The van der Waals surface area contributed by atoms with Gasteiger partial charge in [-0.05, 0) is 43.9 Å². The van der Waals surface area contributed by atoms with E-state index in [4.69, 9.17) is 10.5 Å². The van der Waals surface area contributed by atoms with E-state index in [9.17, 15) is 4.79 Å². The van der Waals surface area contributed by atoms with Crippen LogP contribution in [0.3, 0.4) is 0 Å². The molecule has 2 fully saturated rings. The molecule has 1 amide bonds. The topological polar surface area (TPSA) is 64.3 Å². The van der Waals surface area contributed by atoms with Crippen LogP contribution in [0.4, 0.5) is 5.69 Å². The van der Waals surface area contributed by atoms with Crippen molar-refractivity contribution < 1.29 is 9.53 Å². The van der Waals surface area contributed by atoms with Crippen molar-refractivity contribution in [1.82, 2.24) is 5.32 Å². The van der Waals surface area contributed by atoms with Crippen LogP contribution in [0.1, 0.15) is 31.7 Å². The van der Waals surface area contributed by atoms with Gasteiger partial charge in [-0.3, -0.25) is 4.79 Å². The summed E-state index contributed by atoms with van der Waals surface area (Å²) in [5.74, 6) is 0.139. The van der Waals surface area contributed by atoms with Gasteiger partial charge in [-0.15, -0.1) is 0 Å². The van der Waals surface area contributed by atoms with Crippen molar-refractivity contribution in [2.75, 3.05) is 12.3 Å². The molecule has 4 nitrogen and oxygen atoms in total. The summed E-state index contributed by atoms with van der Waals surface area (Å²) in [6.45, 7) is 2.75. The molecule has 1 saturated heterocycles. The zero-order valence-electron chi connectivity index (χ0n) is 11.2. The molecule has 3 N–H and O–H groups in total. The van der Waals surface area contributed by atoms with Crippen LogP contribution in [0.25, 0.3) is 0 Å². The Balaban J connectivity index is 1.73. The summed E-state index contributed by atoms with van der Waals surface area (Å²) in [5, 5.41) is 3.15. The molecule has 102 valence electrons. The summed E-state index contributed by atoms with van der Waals surface area (Å²) in [5.41, 5.74) is 7.19. The van der Waals surface area contributed by atoms with Crippen LogP contribution in [0.2, 0.25) is 0 Å². The fourth-order valence-electron chi connectivity index (χ4n) is 2.80. The van der Waals surface area contributed by atoms with Gasteiger partial charge in [-0.2, -0.15) is 0 Å². The van der Waals surface area contributed by atoms with Crippen molar-refractivity contribution in [3.63, 3.8) is 0 Å². The minimum atomic E-state index is -0.323. The quantitative estimate of drug-likeness (QED) is 0.811. The summed E-state index contributed by atoms with van der Waals surface area (Å²) in [6, 6.07) is 7.82. The molecule has 2 atom stereocenters. The molecule has 0 spiro atoms. The standard InChI is InChI=1S/C15H20N2O2/c1-10-13(6-9-19-10)17-14(18)15(7-8-15)11-2-4-12(16)5-3-11/h2-5,10,13H,6-9,16H2,1H3,(H,17,18). The van der Waals surface area contributed by atoms with Crippen LogP contribution < -0.4 is 11.1 Å². The third-order valence-corrected chi connectivity index (χ3v) is 4.34. The van der Waals surface area contributed by atoms with E-state index < -0.39 is 0 Å². The van der Waals surface area contributed by atoms with Gasteiger partial charge in [0.2, 0.25) is 5.91 Å². The van der Waals surface area contributed by atoms with Gasteiger partial charge >= 0.3 is 0 Å². The van der Waals surface area contributed by atoms with Gasteiger partial charge in [0.1, 0.15) is 0 Å². The van der Waals surface area contributed by atoms with E-state index in [1.54, 1.807) is 0 Å². The Hall–Kier alpha value is -1.55. The lowest BCUT2D eigenvalue weighted by atomic mass is 9.94. The molecule has 1 aliphatic heterocycles. The fraction of sp³-hybridized carbons (Fsp3) is 0.533. The number of rotatable bonds is 3. The molecule has 1 saturated carbocycles. The number of anilines is 1. The lowest BCUT2D eigenvalue weighted by molar-refractivity contribution is -0.124. The number of nitrogen functional groups attached to an aromatic ring is 1. The van der Waals surface area contributed by atoms with E-state index in [1.165, 1.54) is 0 Å². The Morgan fingerprint density at radius 2 is 2.05 bits per heavy atom. The highest BCUT2D eigenvalue weighted by Crippen LogP contribution is 2.48. The first-order valence-electron chi connectivity index (χ1n) is 6.90. The molecule has 1 heterocycles. The molecule has 0 aromatic heterocycles. The van der Waals surface area contributed by atoms with E-state index in [2.05, 4.69) is 5.32 Å². The third-order valence-electron chi connectivity index (χ3n) is 4.34. The third kappa shape index (κ3) is 2.21. The SMILES string of the molecule is CC1OCCC1NC(=O)C1(c2ccc(N)cc2)CC1. The van der Waals surface area contributed by atoms with E-state index >= 15 is 0 Å². The summed E-state index contributed by atoms with van der Waals surface area (Å²) >= 11 is 0. The fourth-order valence-corrected chi connectivity index (χ4v) is 2.80. The summed E-state index contributed by atoms with van der Waals surface area (Å²) in [7, 11) is 0. The van der Waals surface area contributed by atoms with Gasteiger partial charge in [0.15, 0.2) is 0 Å². The van der Waals surface area contributed by atoms with Crippen LogP contribution in [-0.4, -0.2) is 24.7 Å². The molecule has 4 heteroatoms. The number of nitrogens with one attached hydrogen (secondary N) is 1. The average molecular weight is 260 g/mol. The summed E-state index contributed by atoms with van der Waals surface area (Å²) < 4.78 is 5.49. The minimum absolute atomic E-state index is 0.117. The van der Waals surface area contributed by atoms with E-state index in [1.807, 2.05) is 31.2 Å². The zero-order valence-corrected chi connectivity index (χ0v) is 11.2. The van der Waals surface area contributed by atoms with Crippen molar-refractivity contribution in [1.29, 1.82) is 0 Å². The molecule has 1 aromatic carbocycles. The van der Waals surface area contributed by atoms with Crippen molar-refractivity contribution in [2.45, 2.75) is 43.7 Å². The normalized spacial score (nSPS) is 28.1. The second-order valence-corrected chi connectivity index (χ2v) is 5.65. The molecule has 1 aromatic rings. The maximum atomic E-state index is 12.5. The number of benzene rings is 1. The van der Waals surface area contributed by atoms with Crippen LogP contribution in [0, 0.1) is 0 Å².